The maximum atomic E-state index is 4.72. The molecule has 2 heteroatoms. The summed E-state index contributed by atoms with van der Waals surface area (Å²) in [6, 6.07) is 14.4. The molecule has 0 aliphatic heterocycles. The van der Waals surface area contributed by atoms with Crippen LogP contribution < -0.4 is 5.32 Å². The fourth-order valence-electron chi connectivity index (χ4n) is 1.35. The molecule has 0 radical (unpaired) electrons. The standard InChI is InChI=1S/C11H9NS/c13-8-12-11-6-5-9-3-1-2-4-10(9)7-11/h1-8H,(H,12,13). The molecule has 0 aliphatic carbocycles. The average Bonchev–Trinajstić information content (AvgIpc) is 2.18. The van der Waals surface area contributed by atoms with Crippen LogP contribution in [0.2, 0.25) is 0 Å². The van der Waals surface area contributed by atoms with Crippen molar-refractivity contribution < 1.29 is 0 Å². The van der Waals surface area contributed by atoms with Gasteiger partial charge in [0, 0.05) is 5.69 Å². The first-order chi connectivity index (χ1) is 6.40. The van der Waals surface area contributed by atoms with Crippen LogP contribution in [-0.4, -0.2) is 5.49 Å². The summed E-state index contributed by atoms with van der Waals surface area (Å²) in [6.07, 6.45) is 0. The maximum absolute atomic E-state index is 4.72. The summed E-state index contributed by atoms with van der Waals surface area (Å²) in [4.78, 5) is 0. The first-order valence-electron chi connectivity index (χ1n) is 4.09. The Balaban J connectivity index is 2.55. The fraction of sp³-hybridized carbons (Fsp3) is 0. The van der Waals surface area contributed by atoms with E-state index in [0.717, 1.165) is 5.69 Å². The maximum Gasteiger partial charge on any atom is 0.0658 e. The smallest absolute Gasteiger partial charge is 0.0658 e. The summed E-state index contributed by atoms with van der Waals surface area (Å²) in [7, 11) is 0. The van der Waals surface area contributed by atoms with Crippen LogP contribution in [0.25, 0.3) is 10.8 Å². The zero-order chi connectivity index (χ0) is 9.10. The quantitative estimate of drug-likeness (QED) is 0.724. The fourth-order valence-corrected chi connectivity index (χ4v) is 1.48. The van der Waals surface area contributed by atoms with E-state index in [1.165, 1.54) is 16.3 Å². The molecule has 0 aromatic heterocycles. The van der Waals surface area contributed by atoms with Crippen molar-refractivity contribution in [3.8, 4) is 0 Å². The van der Waals surface area contributed by atoms with E-state index in [1.54, 1.807) is 0 Å². The van der Waals surface area contributed by atoms with E-state index in [1.807, 2.05) is 18.2 Å². The molecule has 0 spiro atoms. The van der Waals surface area contributed by atoms with Gasteiger partial charge in [-0.2, -0.15) is 0 Å². The Kier molecular flexibility index (Phi) is 2.23. The molecule has 0 fully saturated rings. The predicted molar refractivity (Wildman–Crippen MR) is 61.2 cm³/mol. The lowest BCUT2D eigenvalue weighted by Gasteiger charge is -2.01. The van der Waals surface area contributed by atoms with Crippen LogP contribution in [0.1, 0.15) is 0 Å². The monoisotopic (exact) mass is 187 g/mol. The van der Waals surface area contributed by atoms with Crippen molar-refractivity contribution in [2.75, 3.05) is 5.32 Å². The van der Waals surface area contributed by atoms with Gasteiger partial charge in [0.2, 0.25) is 0 Å². The van der Waals surface area contributed by atoms with Gasteiger partial charge in [0.1, 0.15) is 0 Å². The van der Waals surface area contributed by atoms with Crippen molar-refractivity contribution in [3.63, 3.8) is 0 Å². The van der Waals surface area contributed by atoms with Gasteiger partial charge >= 0.3 is 0 Å². The molecule has 0 amide bonds. The second-order valence-electron chi connectivity index (χ2n) is 2.82. The average molecular weight is 187 g/mol. The number of anilines is 1. The van der Waals surface area contributed by atoms with Crippen molar-refractivity contribution in [2.24, 2.45) is 0 Å². The normalized spacial score (nSPS) is 9.85. The summed E-state index contributed by atoms with van der Waals surface area (Å²) in [5, 5.41) is 5.46. The van der Waals surface area contributed by atoms with Crippen molar-refractivity contribution in [2.45, 2.75) is 0 Å². The second-order valence-corrected chi connectivity index (χ2v) is 3.06. The minimum absolute atomic E-state index is 1.04. The highest BCUT2D eigenvalue weighted by Crippen LogP contribution is 2.18. The molecule has 0 bridgehead atoms. The van der Waals surface area contributed by atoms with Gasteiger partial charge < -0.3 is 5.32 Å². The summed E-state index contributed by atoms with van der Waals surface area (Å²) >= 11 is 4.72. The van der Waals surface area contributed by atoms with Crippen LogP contribution >= 0.6 is 12.2 Å². The molecule has 2 rings (SSSR count). The van der Waals surface area contributed by atoms with Crippen LogP contribution in [0, 0.1) is 0 Å². The number of hydrogen-bond donors (Lipinski definition) is 1. The lowest BCUT2D eigenvalue weighted by atomic mass is 10.1. The van der Waals surface area contributed by atoms with E-state index >= 15 is 0 Å². The largest absolute Gasteiger partial charge is 0.353 e. The van der Waals surface area contributed by atoms with E-state index in [4.69, 9.17) is 12.2 Å². The number of hydrogen-bond acceptors (Lipinski definition) is 1. The van der Waals surface area contributed by atoms with Crippen LogP contribution in [0.4, 0.5) is 5.69 Å². The number of benzene rings is 2. The Morgan fingerprint density at radius 1 is 1.00 bits per heavy atom. The van der Waals surface area contributed by atoms with E-state index < -0.39 is 0 Å². The minimum Gasteiger partial charge on any atom is -0.353 e. The summed E-state index contributed by atoms with van der Waals surface area (Å²) < 4.78 is 0. The SMILES string of the molecule is S=CNc1ccc2ccccc2c1. The zero-order valence-electron chi connectivity index (χ0n) is 7.03. The molecule has 13 heavy (non-hydrogen) atoms. The molecule has 0 aliphatic rings. The molecule has 2 aromatic carbocycles. The molecule has 64 valence electrons. The molecule has 0 unspecified atom stereocenters. The first kappa shape index (κ1) is 8.20. The van der Waals surface area contributed by atoms with E-state index in [0.29, 0.717) is 0 Å². The number of thiocarbonyl (C=S) groups is 1. The van der Waals surface area contributed by atoms with Crippen LogP contribution in [0.5, 0.6) is 0 Å². The van der Waals surface area contributed by atoms with Crippen LogP contribution in [0.15, 0.2) is 42.5 Å². The summed E-state index contributed by atoms with van der Waals surface area (Å²) in [6.45, 7) is 0. The Morgan fingerprint density at radius 3 is 2.54 bits per heavy atom. The molecule has 0 heterocycles. The van der Waals surface area contributed by atoms with Crippen molar-refractivity contribution in [3.05, 3.63) is 42.5 Å². The third-order valence-electron chi connectivity index (χ3n) is 1.98. The predicted octanol–water partition coefficient (Wildman–Crippen LogP) is 3.21. The summed E-state index contributed by atoms with van der Waals surface area (Å²) in [5.41, 5.74) is 2.55. The molecule has 1 N–H and O–H groups in total. The number of fused-ring (bicyclic) bond motifs is 1. The van der Waals surface area contributed by atoms with E-state index in [-0.39, 0.29) is 0 Å². The minimum atomic E-state index is 1.04. The van der Waals surface area contributed by atoms with Crippen molar-refractivity contribution in [1.29, 1.82) is 0 Å². The van der Waals surface area contributed by atoms with Gasteiger partial charge in [-0.1, -0.05) is 42.5 Å². The topological polar surface area (TPSA) is 12.0 Å². The lowest BCUT2D eigenvalue weighted by molar-refractivity contribution is 1.71. The van der Waals surface area contributed by atoms with Gasteiger partial charge in [-0.05, 0) is 22.9 Å². The third kappa shape index (κ3) is 1.68. The molecule has 2 aromatic rings. The van der Waals surface area contributed by atoms with Gasteiger partial charge in [0.15, 0.2) is 0 Å². The van der Waals surface area contributed by atoms with Gasteiger partial charge in [0.05, 0.1) is 5.49 Å². The highest BCUT2D eigenvalue weighted by atomic mass is 32.1. The molecule has 0 saturated heterocycles. The van der Waals surface area contributed by atoms with E-state index in [2.05, 4.69) is 29.6 Å². The molecule has 0 atom stereocenters. The Bertz CT molecular complexity index is 437. The number of rotatable bonds is 2. The van der Waals surface area contributed by atoms with Crippen molar-refractivity contribution >= 4 is 34.2 Å². The molecule has 0 saturated carbocycles. The van der Waals surface area contributed by atoms with Gasteiger partial charge in [-0.25, -0.2) is 0 Å². The zero-order valence-corrected chi connectivity index (χ0v) is 7.84. The Morgan fingerprint density at radius 2 is 1.77 bits per heavy atom. The summed E-state index contributed by atoms with van der Waals surface area (Å²) in [5.74, 6) is 0. The van der Waals surface area contributed by atoms with Crippen LogP contribution in [0.3, 0.4) is 0 Å². The van der Waals surface area contributed by atoms with Gasteiger partial charge in [-0.15, -0.1) is 0 Å². The molecule has 1 nitrogen and oxygen atoms in total. The first-order valence-corrected chi connectivity index (χ1v) is 4.56. The Labute approximate surface area is 82.4 Å². The number of nitrogens with one attached hydrogen (secondary N) is 1. The van der Waals surface area contributed by atoms with E-state index in [9.17, 15) is 0 Å². The highest BCUT2D eigenvalue weighted by molar-refractivity contribution is 7.79. The molecular formula is C11H9NS. The molecular weight excluding hydrogens is 178 g/mol. The lowest BCUT2D eigenvalue weighted by Crippen LogP contribution is -1.90. The van der Waals surface area contributed by atoms with Crippen molar-refractivity contribution in [1.82, 2.24) is 0 Å². The van der Waals surface area contributed by atoms with Crippen LogP contribution in [-0.2, 0) is 0 Å². The third-order valence-corrected chi connectivity index (χ3v) is 2.09. The Hall–Kier alpha value is -1.41. The van der Waals surface area contributed by atoms with Gasteiger partial charge in [0.25, 0.3) is 0 Å². The second kappa shape index (κ2) is 3.54. The highest BCUT2D eigenvalue weighted by Gasteiger charge is 1.92. The van der Waals surface area contributed by atoms with Gasteiger partial charge in [-0.3, -0.25) is 0 Å².